The first-order valence-electron chi connectivity index (χ1n) is 5.41. The Kier molecular flexibility index (Phi) is 4.95. The molecule has 0 aromatic heterocycles. The molecule has 96 valence electrons. The van der Waals surface area contributed by atoms with Crippen LogP contribution >= 0.6 is 11.8 Å². The van der Waals surface area contributed by atoms with Crippen LogP contribution in [0.15, 0.2) is 0 Å². The Bertz CT molecular complexity index is 333. The van der Waals surface area contributed by atoms with Crippen molar-refractivity contribution in [2.75, 3.05) is 12.3 Å². The normalized spacial score (nSPS) is 22.0. The maximum absolute atomic E-state index is 11.6. The molecular weight excluding hydrogens is 242 g/mol. The molecule has 17 heavy (non-hydrogen) atoms. The van der Waals surface area contributed by atoms with Crippen molar-refractivity contribution in [3.05, 3.63) is 0 Å². The molecule has 0 aromatic carbocycles. The zero-order valence-electron chi connectivity index (χ0n) is 9.86. The van der Waals surface area contributed by atoms with Gasteiger partial charge in [-0.3, -0.25) is 14.4 Å². The predicted molar refractivity (Wildman–Crippen MR) is 65.2 cm³/mol. The maximum Gasteiger partial charge on any atom is 0.243 e. The summed E-state index contributed by atoms with van der Waals surface area (Å²) >= 11 is 0.986. The fourth-order valence-electron chi connectivity index (χ4n) is 1.25. The van der Waals surface area contributed by atoms with Crippen molar-refractivity contribution >= 4 is 28.7 Å². The molecule has 2 atom stereocenters. The van der Waals surface area contributed by atoms with Crippen LogP contribution in [0.25, 0.3) is 0 Å². The molecule has 6 nitrogen and oxygen atoms in total. The Morgan fingerprint density at radius 1 is 1.53 bits per heavy atom. The highest BCUT2D eigenvalue weighted by Crippen LogP contribution is 2.12. The van der Waals surface area contributed by atoms with Crippen LogP contribution in [-0.4, -0.2) is 41.3 Å². The first-order chi connectivity index (χ1) is 7.91. The predicted octanol–water partition coefficient (Wildman–Crippen LogP) is -1.16. The van der Waals surface area contributed by atoms with Crippen molar-refractivity contribution in [3.8, 4) is 0 Å². The van der Waals surface area contributed by atoms with Gasteiger partial charge in [0.15, 0.2) is 0 Å². The van der Waals surface area contributed by atoms with Crippen LogP contribution in [0.3, 0.4) is 0 Å². The lowest BCUT2D eigenvalue weighted by Crippen LogP contribution is -2.57. The van der Waals surface area contributed by atoms with Crippen LogP contribution in [0.1, 0.15) is 13.8 Å². The summed E-state index contributed by atoms with van der Waals surface area (Å²) in [6, 6.07) is -1.19. The van der Waals surface area contributed by atoms with E-state index in [4.69, 9.17) is 5.73 Å². The first-order valence-corrected chi connectivity index (χ1v) is 6.39. The summed E-state index contributed by atoms with van der Waals surface area (Å²) in [4.78, 5) is 34.0. The summed E-state index contributed by atoms with van der Waals surface area (Å²) in [7, 11) is 0. The Labute approximate surface area is 104 Å². The second kappa shape index (κ2) is 6.02. The summed E-state index contributed by atoms with van der Waals surface area (Å²) in [5.41, 5.74) is 5.68. The minimum Gasteiger partial charge on any atom is -0.345 e. The molecule has 2 amide bonds. The van der Waals surface area contributed by atoms with Gasteiger partial charge in [0.1, 0.15) is 6.04 Å². The highest BCUT2D eigenvalue weighted by molar-refractivity contribution is 8.13. The number of hydrogen-bond acceptors (Lipinski definition) is 5. The Morgan fingerprint density at radius 2 is 2.18 bits per heavy atom. The standard InChI is InChI=1S/C10H17N3O3S/c1-5(2)8(11)10(16)17-4-6-9(15)12-3-7(14)13-6/h5-6,8H,3-4,11H2,1-2H3,(H,12,15)(H,13,14). The average molecular weight is 259 g/mol. The smallest absolute Gasteiger partial charge is 0.243 e. The van der Waals surface area contributed by atoms with Gasteiger partial charge in [0, 0.05) is 5.75 Å². The quantitative estimate of drug-likeness (QED) is 0.591. The summed E-state index contributed by atoms with van der Waals surface area (Å²) in [6.07, 6.45) is 0. The molecule has 1 saturated heterocycles. The Balaban J connectivity index is 2.42. The minimum atomic E-state index is -0.649. The van der Waals surface area contributed by atoms with Gasteiger partial charge in [0.25, 0.3) is 0 Å². The van der Waals surface area contributed by atoms with E-state index in [0.29, 0.717) is 0 Å². The van der Waals surface area contributed by atoms with E-state index in [1.807, 2.05) is 13.8 Å². The number of thioether (sulfide) groups is 1. The molecule has 4 N–H and O–H groups in total. The van der Waals surface area contributed by atoms with Crippen molar-refractivity contribution in [2.45, 2.75) is 25.9 Å². The molecular formula is C10H17N3O3S. The molecule has 1 aliphatic heterocycles. The zero-order chi connectivity index (χ0) is 13.0. The van der Waals surface area contributed by atoms with Crippen molar-refractivity contribution in [3.63, 3.8) is 0 Å². The van der Waals surface area contributed by atoms with E-state index in [1.165, 1.54) is 0 Å². The molecule has 0 aromatic rings. The molecule has 0 spiro atoms. The van der Waals surface area contributed by atoms with Crippen LogP contribution < -0.4 is 16.4 Å². The second-order valence-corrected chi connectivity index (χ2v) is 5.26. The molecule has 1 fully saturated rings. The van der Waals surface area contributed by atoms with Gasteiger partial charge in [-0.05, 0) is 5.92 Å². The molecule has 0 saturated carbocycles. The molecule has 2 unspecified atom stereocenters. The van der Waals surface area contributed by atoms with Crippen molar-refractivity contribution in [2.24, 2.45) is 11.7 Å². The lowest BCUT2D eigenvalue weighted by molar-refractivity contribution is -0.133. The van der Waals surface area contributed by atoms with E-state index in [9.17, 15) is 14.4 Å². The SMILES string of the molecule is CC(C)C(N)C(=O)SCC1NC(=O)CNC1=O. The number of piperazine rings is 1. The van der Waals surface area contributed by atoms with E-state index < -0.39 is 12.1 Å². The third-order valence-electron chi connectivity index (χ3n) is 2.46. The van der Waals surface area contributed by atoms with E-state index in [2.05, 4.69) is 10.6 Å². The van der Waals surface area contributed by atoms with Gasteiger partial charge < -0.3 is 16.4 Å². The van der Waals surface area contributed by atoms with Crippen LogP contribution in [0.5, 0.6) is 0 Å². The highest BCUT2D eigenvalue weighted by atomic mass is 32.2. The summed E-state index contributed by atoms with van der Waals surface area (Å²) in [6.45, 7) is 3.72. The van der Waals surface area contributed by atoms with Gasteiger partial charge in [-0.25, -0.2) is 0 Å². The van der Waals surface area contributed by atoms with Crippen LogP contribution in [-0.2, 0) is 14.4 Å². The van der Waals surface area contributed by atoms with Crippen LogP contribution in [0.2, 0.25) is 0 Å². The molecule has 7 heteroatoms. The van der Waals surface area contributed by atoms with Gasteiger partial charge in [-0.1, -0.05) is 25.6 Å². The van der Waals surface area contributed by atoms with E-state index in [-0.39, 0.29) is 35.1 Å². The molecule has 1 rings (SSSR count). The minimum absolute atomic E-state index is 0.000541. The van der Waals surface area contributed by atoms with Crippen molar-refractivity contribution in [1.82, 2.24) is 10.6 Å². The molecule has 1 heterocycles. The maximum atomic E-state index is 11.6. The molecule has 0 bridgehead atoms. The molecule has 0 radical (unpaired) electrons. The fraction of sp³-hybridized carbons (Fsp3) is 0.700. The number of hydrogen-bond donors (Lipinski definition) is 3. The van der Waals surface area contributed by atoms with Gasteiger partial charge >= 0.3 is 0 Å². The van der Waals surface area contributed by atoms with Crippen molar-refractivity contribution in [1.29, 1.82) is 0 Å². The average Bonchev–Trinajstić information content (AvgIpc) is 2.28. The number of amides is 2. The molecule has 0 aliphatic carbocycles. The highest BCUT2D eigenvalue weighted by Gasteiger charge is 2.27. The number of nitrogens with one attached hydrogen (secondary N) is 2. The number of carbonyl (C=O) groups excluding carboxylic acids is 3. The van der Waals surface area contributed by atoms with E-state index in [1.54, 1.807) is 0 Å². The van der Waals surface area contributed by atoms with Crippen molar-refractivity contribution < 1.29 is 14.4 Å². The number of carbonyl (C=O) groups is 3. The monoisotopic (exact) mass is 259 g/mol. The largest absolute Gasteiger partial charge is 0.345 e. The Hall–Kier alpha value is -1.08. The van der Waals surface area contributed by atoms with Gasteiger partial charge in [-0.15, -0.1) is 0 Å². The number of rotatable bonds is 4. The second-order valence-electron chi connectivity index (χ2n) is 4.24. The molecule has 1 aliphatic rings. The van der Waals surface area contributed by atoms with Crippen LogP contribution in [0.4, 0.5) is 0 Å². The third kappa shape index (κ3) is 4.01. The topological polar surface area (TPSA) is 101 Å². The lowest BCUT2D eigenvalue weighted by atomic mass is 10.1. The summed E-state index contributed by atoms with van der Waals surface area (Å²) < 4.78 is 0. The van der Waals surface area contributed by atoms with E-state index >= 15 is 0 Å². The van der Waals surface area contributed by atoms with E-state index in [0.717, 1.165) is 11.8 Å². The Morgan fingerprint density at radius 3 is 2.76 bits per heavy atom. The number of nitrogens with two attached hydrogens (primary N) is 1. The third-order valence-corrected chi connectivity index (χ3v) is 3.51. The zero-order valence-corrected chi connectivity index (χ0v) is 10.7. The first kappa shape index (κ1) is 14.0. The van der Waals surface area contributed by atoms with Gasteiger partial charge in [0.2, 0.25) is 16.9 Å². The lowest BCUT2D eigenvalue weighted by Gasteiger charge is -2.23. The van der Waals surface area contributed by atoms with Crippen LogP contribution in [0, 0.1) is 5.92 Å². The summed E-state index contributed by atoms with van der Waals surface area (Å²) in [5, 5.41) is 4.82. The van der Waals surface area contributed by atoms with Gasteiger partial charge in [0.05, 0.1) is 12.6 Å². The summed E-state index contributed by atoms with van der Waals surface area (Å²) in [5.74, 6) is -0.222. The van der Waals surface area contributed by atoms with Gasteiger partial charge in [-0.2, -0.15) is 0 Å². The fourth-order valence-corrected chi connectivity index (χ4v) is 2.28.